The predicted octanol–water partition coefficient (Wildman–Crippen LogP) is 0.254. The van der Waals surface area contributed by atoms with Gasteiger partial charge in [0.05, 0.1) is 18.4 Å². The van der Waals surface area contributed by atoms with Crippen LogP contribution in [-0.2, 0) is 20.5 Å². The maximum atomic E-state index is 12.1. The van der Waals surface area contributed by atoms with Gasteiger partial charge >= 0.3 is 5.97 Å². The lowest BCUT2D eigenvalue weighted by Crippen LogP contribution is -2.36. The van der Waals surface area contributed by atoms with Gasteiger partial charge in [-0.3, -0.25) is 0 Å². The lowest BCUT2D eigenvalue weighted by atomic mass is 10.1. The molecule has 2 rings (SSSR count). The second-order valence-corrected chi connectivity index (χ2v) is 6.51. The third kappa shape index (κ3) is 4.03. The van der Waals surface area contributed by atoms with E-state index in [0.717, 1.165) is 13.0 Å². The Morgan fingerprint density at radius 1 is 1.50 bits per heavy atom. The zero-order chi connectivity index (χ0) is 14.6. The fourth-order valence-electron chi connectivity index (χ4n) is 2.18. The fraction of sp³-hybridized carbons (Fsp3) is 0.462. The van der Waals surface area contributed by atoms with Gasteiger partial charge < -0.3 is 10.1 Å². The highest BCUT2D eigenvalue weighted by Crippen LogP contribution is 2.11. The molecule has 0 amide bonds. The molecule has 1 saturated heterocycles. The first kappa shape index (κ1) is 15.0. The Labute approximate surface area is 118 Å². The quantitative estimate of drug-likeness (QED) is 0.762. The SMILES string of the molecule is COC(=O)c1cccc(CS(=O)(=O)N[C@@H]2CCNC2)c1. The molecule has 0 saturated carbocycles. The van der Waals surface area contributed by atoms with Crippen molar-refractivity contribution < 1.29 is 17.9 Å². The van der Waals surface area contributed by atoms with Crippen LogP contribution in [0, 0.1) is 0 Å². The number of hydrogen-bond acceptors (Lipinski definition) is 5. The van der Waals surface area contributed by atoms with Gasteiger partial charge in [0.15, 0.2) is 0 Å². The van der Waals surface area contributed by atoms with Crippen molar-refractivity contribution in [2.24, 2.45) is 0 Å². The van der Waals surface area contributed by atoms with E-state index in [1.807, 2.05) is 0 Å². The van der Waals surface area contributed by atoms with Gasteiger partial charge in [0.25, 0.3) is 0 Å². The number of methoxy groups -OCH3 is 1. The molecule has 20 heavy (non-hydrogen) atoms. The van der Waals surface area contributed by atoms with E-state index in [1.54, 1.807) is 18.2 Å². The van der Waals surface area contributed by atoms with E-state index in [2.05, 4.69) is 14.8 Å². The molecule has 1 fully saturated rings. The molecule has 1 aromatic rings. The molecule has 1 aliphatic heterocycles. The van der Waals surface area contributed by atoms with Crippen LogP contribution in [0.15, 0.2) is 24.3 Å². The van der Waals surface area contributed by atoms with Crippen molar-refractivity contribution in [3.05, 3.63) is 35.4 Å². The van der Waals surface area contributed by atoms with Crippen LogP contribution in [0.2, 0.25) is 0 Å². The normalized spacial score (nSPS) is 18.9. The van der Waals surface area contributed by atoms with Crippen molar-refractivity contribution in [2.45, 2.75) is 18.2 Å². The molecular formula is C13H18N2O4S. The minimum absolute atomic E-state index is 0.0520. The zero-order valence-electron chi connectivity index (χ0n) is 11.3. The summed E-state index contributed by atoms with van der Waals surface area (Å²) in [5, 5.41) is 3.10. The highest BCUT2D eigenvalue weighted by Gasteiger charge is 2.21. The summed E-state index contributed by atoms with van der Waals surface area (Å²) in [5.41, 5.74) is 0.911. The van der Waals surface area contributed by atoms with E-state index in [0.29, 0.717) is 17.7 Å². The van der Waals surface area contributed by atoms with Crippen LogP contribution in [0.3, 0.4) is 0 Å². The first-order chi connectivity index (χ1) is 9.50. The van der Waals surface area contributed by atoms with E-state index in [9.17, 15) is 13.2 Å². The van der Waals surface area contributed by atoms with E-state index < -0.39 is 16.0 Å². The van der Waals surface area contributed by atoms with Crippen molar-refractivity contribution in [1.82, 2.24) is 10.0 Å². The van der Waals surface area contributed by atoms with E-state index >= 15 is 0 Å². The van der Waals surface area contributed by atoms with Gasteiger partial charge in [0, 0.05) is 12.6 Å². The molecule has 110 valence electrons. The second-order valence-electron chi connectivity index (χ2n) is 4.76. The summed E-state index contributed by atoms with van der Waals surface area (Å²) in [6.45, 7) is 1.48. The summed E-state index contributed by atoms with van der Waals surface area (Å²) in [6.07, 6.45) is 0.793. The molecule has 0 aromatic heterocycles. The van der Waals surface area contributed by atoms with Crippen LogP contribution >= 0.6 is 0 Å². The van der Waals surface area contributed by atoms with Crippen molar-refractivity contribution in [2.75, 3.05) is 20.2 Å². The number of carbonyl (C=O) groups is 1. The van der Waals surface area contributed by atoms with Gasteiger partial charge in [-0.1, -0.05) is 12.1 Å². The van der Waals surface area contributed by atoms with Crippen molar-refractivity contribution in [3.8, 4) is 0 Å². The second kappa shape index (κ2) is 6.34. The van der Waals surface area contributed by atoms with Gasteiger partial charge in [-0.25, -0.2) is 17.9 Å². The van der Waals surface area contributed by atoms with Crippen molar-refractivity contribution in [1.29, 1.82) is 0 Å². The number of hydrogen-bond donors (Lipinski definition) is 2. The first-order valence-corrected chi connectivity index (χ1v) is 8.03. The number of benzene rings is 1. The average molecular weight is 298 g/mol. The summed E-state index contributed by atoms with van der Waals surface area (Å²) in [5.74, 6) is -0.619. The molecule has 7 heteroatoms. The van der Waals surface area contributed by atoms with Crippen LogP contribution in [0.25, 0.3) is 0 Å². The molecule has 0 unspecified atom stereocenters. The Hall–Kier alpha value is -1.44. The van der Waals surface area contributed by atoms with Crippen LogP contribution in [0.5, 0.6) is 0 Å². The number of carbonyl (C=O) groups excluding carboxylic acids is 1. The highest BCUT2D eigenvalue weighted by molar-refractivity contribution is 7.88. The molecule has 1 aliphatic rings. The number of nitrogens with one attached hydrogen (secondary N) is 2. The molecular weight excluding hydrogens is 280 g/mol. The molecule has 1 aromatic carbocycles. The largest absolute Gasteiger partial charge is 0.465 e. The molecule has 2 N–H and O–H groups in total. The lowest BCUT2D eigenvalue weighted by molar-refractivity contribution is 0.0600. The molecule has 0 bridgehead atoms. The van der Waals surface area contributed by atoms with Crippen molar-refractivity contribution in [3.63, 3.8) is 0 Å². The van der Waals surface area contributed by atoms with Crippen LogP contribution < -0.4 is 10.0 Å². The summed E-state index contributed by atoms with van der Waals surface area (Å²) < 4.78 is 31.4. The van der Waals surface area contributed by atoms with E-state index in [4.69, 9.17) is 0 Å². The van der Waals surface area contributed by atoms with Crippen molar-refractivity contribution >= 4 is 16.0 Å². The molecule has 0 spiro atoms. The maximum absolute atomic E-state index is 12.1. The van der Waals surface area contributed by atoms with Crippen LogP contribution in [0.1, 0.15) is 22.3 Å². The van der Waals surface area contributed by atoms with Gasteiger partial charge in [-0.05, 0) is 30.7 Å². The third-order valence-electron chi connectivity index (χ3n) is 3.11. The van der Waals surface area contributed by atoms with Gasteiger partial charge in [-0.15, -0.1) is 0 Å². The molecule has 1 atom stereocenters. The Bertz CT molecular complexity index is 580. The maximum Gasteiger partial charge on any atom is 0.337 e. The van der Waals surface area contributed by atoms with Crippen LogP contribution in [-0.4, -0.2) is 40.6 Å². The average Bonchev–Trinajstić information content (AvgIpc) is 2.89. The molecule has 6 nitrogen and oxygen atoms in total. The van der Waals surface area contributed by atoms with E-state index in [-0.39, 0.29) is 11.8 Å². The summed E-state index contributed by atoms with van der Waals surface area (Å²) in [6, 6.07) is 6.41. The highest BCUT2D eigenvalue weighted by atomic mass is 32.2. The molecule has 0 radical (unpaired) electrons. The fourth-order valence-corrected chi connectivity index (χ4v) is 3.59. The minimum Gasteiger partial charge on any atom is -0.465 e. The Morgan fingerprint density at radius 3 is 2.95 bits per heavy atom. The standard InChI is InChI=1S/C13H18N2O4S/c1-19-13(16)11-4-2-3-10(7-11)9-20(17,18)15-12-5-6-14-8-12/h2-4,7,12,14-15H,5-6,8-9H2,1H3/t12-/m1/s1. The minimum atomic E-state index is -3.41. The molecule has 0 aliphatic carbocycles. The first-order valence-electron chi connectivity index (χ1n) is 6.38. The number of esters is 1. The monoisotopic (exact) mass is 298 g/mol. The van der Waals surface area contributed by atoms with Gasteiger partial charge in [0.1, 0.15) is 0 Å². The topological polar surface area (TPSA) is 84.5 Å². The number of sulfonamides is 1. The Balaban J connectivity index is 2.06. The van der Waals surface area contributed by atoms with Crippen LogP contribution in [0.4, 0.5) is 0 Å². The Kier molecular flexibility index (Phi) is 4.74. The molecule has 1 heterocycles. The Morgan fingerprint density at radius 2 is 2.30 bits per heavy atom. The summed E-state index contributed by atoms with van der Waals surface area (Å²) in [7, 11) is -2.12. The lowest BCUT2D eigenvalue weighted by Gasteiger charge is -2.12. The zero-order valence-corrected chi connectivity index (χ0v) is 12.1. The summed E-state index contributed by atoms with van der Waals surface area (Å²) in [4.78, 5) is 11.4. The van der Waals surface area contributed by atoms with E-state index in [1.165, 1.54) is 13.2 Å². The smallest absolute Gasteiger partial charge is 0.337 e. The van der Waals surface area contributed by atoms with Gasteiger partial charge in [0.2, 0.25) is 10.0 Å². The number of ether oxygens (including phenoxy) is 1. The number of rotatable bonds is 5. The summed E-state index contributed by atoms with van der Waals surface area (Å²) >= 11 is 0. The predicted molar refractivity (Wildman–Crippen MR) is 74.8 cm³/mol. The van der Waals surface area contributed by atoms with Gasteiger partial charge in [-0.2, -0.15) is 0 Å². The third-order valence-corrected chi connectivity index (χ3v) is 4.52.